The van der Waals surface area contributed by atoms with Gasteiger partial charge in [0.25, 0.3) is 5.91 Å². The predicted molar refractivity (Wildman–Crippen MR) is 125 cm³/mol. The lowest BCUT2D eigenvalue weighted by Crippen LogP contribution is -2.29. The number of aromatic hydroxyl groups is 1. The summed E-state index contributed by atoms with van der Waals surface area (Å²) >= 11 is 4.76. The fourth-order valence-corrected chi connectivity index (χ4v) is 4.34. The zero-order chi connectivity index (χ0) is 21.7. The van der Waals surface area contributed by atoms with Crippen LogP contribution < -0.4 is 9.47 Å². The average Bonchev–Trinajstić information content (AvgIpc) is 3.01. The van der Waals surface area contributed by atoms with Crippen LogP contribution >= 0.6 is 27.7 Å². The van der Waals surface area contributed by atoms with Crippen LogP contribution in [-0.2, 0) is 4.79 Å². The highest BCUT2D eigenvalue weighted by molar-refractivity contribution is 9.10. The summed E-state index contributed by atoms with van der Waals surface area (Å²) in [5, 5.41) is 10.6. The lowest BCUT2D eigenvalue weighted by Gasteiger charge is -2.14. The molecule has 6 nitrogen and oxygen atoms in total. The van der Waals surface area contributed by atoms with E-state index in [1.165, 1.54) is 18.9 Å². The van der Waals surface area contributed by atoms with Crippen LogP contribution in [0.25, 0.3) is 6.08 Å². The van der Waals surface area contributed by atoms with Gasteiger partial charge in [0.2, 0.25) is 0 Å². The van der Waals surface area contributed by atoms with Gasteiger partial charge in [-0.2, -0.15) is 0 Å². The highest BCUT2D eigenvalue weighted by atomic mass is 79.9. The van der Waals surface area contributed by atoms with Crippen molar-refractivity contribution >= 4 is 50.5 Å². The molecule has 0 bridgehead atoms. The molecule has 0 saturated carbocycles. The van der Waals surface area contributed by atoms with Gasteiger partial charge in [0.15, 0.2) is 16.7 Å². The van der Waals surface area contributed by atoms with Crippen LogP contribution in [0, 0.1) is 0 Å². The average molecular weight is 491 g/mol. The van der Waals surface area contributed by atoms with Gasteiger partial charge in [-0.3, -0.25) is 9.69 Å². The topological polar surface area (TPSA) is 71.4 Å². The Labute approximate surface area is 188 Å². The molecular weight excluding hydrogens is 468 g/mol. The molecule has 1 amide bonds. The van der Waals surface area contributed by atoms with E-state index in [1.807, 2.05) is 38.1 Å². The Hall–Kier alpha value is -2.45. The second-order valence-electron chi connectivity index (χ2n) is 6.43. The van der Waals surface area contributed by atoms with Crippen molar-refractivity contribution in [2.75, 3.05) is 20.3 Å². The molecule has 0 unspecified atom stereocenters. The van der Waals surface area contributed by atoms with E-state index in [0.717, 1.165) is 23.4 Å². The van der Waals surface area contributed by atoms with Crippen LogP contribution in [0.1, 0.15) is 25.8 Å². The third-order valence-corrected chi connectivity index (χ3v) is 5.99. The number of amidine groups is 1. The van der Waals surface area contributed by atoms with Crippen molar-refractivity contribution in [1.29, 1.82) is 0 Å². The molecule has 8 heteroatoms. The van der Waals surface area contributed by atoms with Gasteiger partial charge in [-0.25, -0.2) is 4.99 Å². The normalized spacial score (nSPS) is 16.5. The van der Waals surface area contributed by atoms with E-state index < -0.39 is 0 Å². The first-order chi connectivity index (χ1) is 14.5. The van der Waals surface area contributed by atoms with Crippen molar-refractivity contribution in [2.24, 2.45) is 4.99 Å². The van der Waals surface area contributed by atoms with Gasteiger partial charge in [0.1, 0.15) is 5.75 Å². The van der Waals surface area contributed by atoms with Crippen LogP contribution in [0.4, 0.5) is 5.69 Å². The second kappa shape index (κ2) is 10.0. The van der Waals surface area contributed by atoms with E-state index in [2.05, 4.69) is 20.9 Å². The number of benzene rings is 2. The molecule has 158 valence electrons. The van der Waals surface area contributed by atoms with Gasteiger partial charge in [0, 0.05) is 11.0 Å². The van der Waals surface area contributed by atoms with Crippen LogP contribution in [0.15, 0.2) is 50.8 Å². The van der Waals surface area contributed by atoms with Crippen LogP contribution in [0.3, 0.4) is 0 Å². The zero-order valence-electron chi connectivity index (χ0n) is 17.0. The zero-order valence-corrected chi connectivity index (χ0v) is 19.4. The smallest absolute Gasteiger partial charge is 0.266 e. The number of aliphatic imine (C=N–C) groups is 1. The highest BCUT2D eigenvalue weighted by Gasteiger charge is 2.33. The Morgan fingerprint density at radius 1 is 1.23 bits per heavy atom. The minimum atomic E-state index is -0.0921. The van der Waals surface area contributed by atoms with Crippen LogP contribution in [-0.4, -0.2) is 41.3 Å². The summed E-state index contributed by atoms with van der Waals surface area (Å²) in [5.41, 5.74) is 1.49. The number of hydrogen-bond acceptors (Lipinski definition) is 6. The Morgan fingerprint density at radius 2 is 1.97 bits per heavy atom. The second-order valence-corrected chi connectivity index (χ2v) is 8.30. The summed E-state index contributed by atoms with van der Waals surface area (Å²) in [5.74, 6) is 1.07. The SMILES string of the molecule is CCCN1C(=O)C(=Cc2cc(OC)c(O)cc2Br)SC1=Nc1ccc(OCC)cc1. The Bertz CT molecular complexity index is 989. The highest BCUT2D eigenvalue weighted by Crippen LogP contribution is 2.38. The fourth-order valence-electron chi connectivity index (χ4n) is 2.88. The van der Waals surface area contributed by atoms with Crippen molar-refractivity contribution in [3.8, 4) is 17.2 Å². The number of methoxy groups -OCH3 is 1. The maximum absolute atomic E-state index is 13.0. The number of halogens is 1. The molecule has 30 heavy (non-hydrogen) atoms. The first-order valence-electron chi connectivity index (χ1n) is 9.56. The van der Waals surface area contributed by atoms with E-state index >= 15 is 0 Å². The minimum absolute atomic E-state index is 0.0299. The van der Waals surface area contributed by atoms with Crippen LogP contribution in [0.5, 0.6) is 17.2 Å². The molecular formula is C22H23BrN2O4S. The molecule has 0 aromatic heterocycles. The number of thioether (sulfide) groups is 1. The molecule has 0 spiro atoms. The van der Waals surface area contributed by atoms with Gasteiger partial charge in [0.05, 0.1) is 24.3 Å². The van der Waals surface area contributed by atoms with Crippen molar-refractivity contribution in [1.82, 2.24) is 4.90 Å². The summed E-state index contributed by atoms with van der Waals surface area (Å²) in [6.07, 6.45) is 2.60. The molecule has 2 aromatic rings. The quantitative estimate of drug-likeness (QED) is 0.513. The maximum atomic E-state index is 13.0. The Morgan fingerprint density at radius 3 is 2.60 bits per heavy atom. The number of phenols is 1. The number of ether oxygens (including phenoxy) is 2. The van der Waals surface area contributed by atoms with Gasteiger partial charge in [-0.1, -0.05) is 22.9 Å². The Kier molecular flexibility index (Phi) is 7.44. The lowest BCUT2D eigenvalue weighted by atomic mass is 10.2. The van der Waals surface area contributed by atoms with Gasteiger partial charge in [-0.15, -0.1) is 0 Å². The number of nitrogens with zero attached hydrogens (tertiary/aromatic N) is 2. The molecule has 1 heterocycles. The number of phenolic OH excluding ortho intramolecular Hbond substituents is 1. The minimum Gasteiger partial charge on any atom is -0.504 e. The van der Waals surface area contributed by atoms with E-state index in [9.17, 15) is 9.90 Å². The maximum Gasteiger partial charge on any atom is 0.266 e. The first-order valence-corrected chi connectivity index (χ1v) is 11.2. The van der Waals surface area contributed by atoms with Gasteiger partial charge < -0.3 is 14.6 Å². The summed E-state index contributed by atoms with van der Waals surface area (Å²) in [6, 6.07) is 10.7. The van der Waals surface area contributed by atoms with Crippen LogP contribution in [0.2, 0.25) is 0 Å². The molecule has 0 atom stereocenters. The monoisotopic (exact) mass is 490 g/mol. The van der Waals surface area contributed by atoms with Gasteiger partial charge in [-0.05, 0) is 73.1 Å². The Balaban J connectivity index is 1.93. The summed E-state index contributed by atoms with van der Waals surface area (Å²) in [6.45, 7) is 5.15. The number of carbonyl (C=O) groups is 1. The summed E-state index contributed by atoms with van der Waals surface area (Å²) in [7, 11) is 1.49. The largest absolute Gasteiger partial charge is 0.504 e. The van der Waals surface area contributed by atoms with Crippen molar-refractivity contribution in [2.45, 2.75) is 20.3 Å². The molecule has 0 aliphatic carbocycles. The van der Waals surface area contributed by atoms with E-state index in [-0.39, 0.29) is 11.7 Å². The molecule has 1 aliphatic heterocycles. The molecule has 2 aromatic carbocycles. The van der Waals surface area contributed by atoms with Gasteiger partial charge >= 0.3 is 0 Å². The van der Waals surface area contributed by atoms with E-state index in [1.54, 1.807) is 23.1 Å². The lowest BCUT2D eigenvalue weighted by molar-refractivity contribution is -0.122. The number of carbonyl (C=O) groups excluding carboxylic acids is 1. The fraction of sp³-hybridized carbons (Fsp3) is 0.273. The van der Waals surface area contributed by atoms with Crippen molar-refractivity contribution in [3.63, 3.8) is 0 Å². The third kappa shape index (κ3) is 4.99. The third-order valence-electron chi connectivity index (χ3n) is 4.29. The molecule has 0 radical (unpaired) electrons. The number of hydrogen-bond donors (Lipinski definition) is 1. The molecule has 1 fully saturated rings. The van der Waals surface area contributed by atoms with Crippen molar-refractivity contribution in [3.05, 3.63) is 51.3 Å². The number of amides is 1. The first kappa shape index (κ1) is 22.2. The van der Waals surface area contributed by atoms with Crippen molar-refractivity contribution < 1.29 is 19.4 Å². The predicted octanol–water partition coefficient (Wildman–Crippen LogP) is 5.58. The molecule has 1 N–H and O–H groups in total. The van der Waals surface area contributed by atoms with E-state index in [4.69, 9.17) is 9.47 Å². The standard InChI is InChI=1S/C22H23BrN2O4S/c1-4-10-25-21(27)20(12-14-11-19(28-3)18(26)13-17(14)23)30-22(25)24-15-6-8-16(9-7-15)29-5-2/h6-9,11-13,26H,4-5,10H2,1-3H3. The molecule has 1 aliphatic rings. The molecule has 1 saturated heterocycles. The van der Waals surface area contributed by atoms with E-state index in [0.29, 0.717) is 33.4 Å². The summed E-state index contributed by atoms with van der Waals surface area (Å²) < 4.78 is 11.3. The summed E-state index contributed by atoms with van der Waals surface area (Å²) in [4.78, 5) is 19.9. The molecule has 3 rings (SSSR count). The number of rotatable bonds is 7.